The molecule has 8 bridgehead atoms. The van der Waals surface area contributed by atoms with Gasteiger partial charge >= 0.3 is 0 Å². The van der Waals surface area contributed by atoms with Crippen LogP contribution in [0.4, 0.5) is 0 Å². The topological polar surface area (TPSA) is 314 Å². The summed E-state index contributed by atoms with van der Waals surface area (Å²) in [7, 11) is -26.7. The minimum Gasteiger partial charge on any atom is -0.324 e. The highest BCUT2D eigenvalue weighted by Gasteiger charge is 2.77. The molecule has 0 saturated heterocycles. The fourth-order valence-corrected chi connectivity index (χ4v) is 47.1. The van der Waals surface area contributed by atoms with Crippen LogP contribution in [-0.4, -0.2) is 125 Å². The summed E-state index contributed by atoms with van der Waals surface area (Å²) in [5, 5.41) is 82.3. The molecule has 2 spiro atoms. The Labute approximate surface area is 821 Å². The standard InChI is InChI=1S/C120H66N8O12S6/c1-7-13-19-141(129,130)47-29-39-41(31-49(47)143(133,134)21-15-9-3)115-124-113(39)122-111-37-25-35-27-45-46(28-36(35)26-38(37)112(121-111)123-114-40-30-48(142(131,132)20-14-8-2)50(144(135,136)22-16-10-4)32-42(40)116(125-114)127-118-44-34-52(146(139,140)24-18-12-6)51(145(137,138)23-17-11-5)33-43(44)117(126-115)128-118)120-109-101-93-83-73-65-57-54-53-55-59-61(57)69-75-67(59)77-71-63(55)64-56(53)60-62-58(54)66(65)74-80-70(62)76-68(60)78-72(64)82-81(71)91-85(77)95-89(75)97(87(93)79(69)73)105(109)103(95)107-99(91)100-92(82)86(78)96-90(76)98-88(80)94(84(74)83)102(101)110(120)106(98)104(96)108(100)119(45,107)120/h25-34H,7-24H2,1-6H3,(H2,121,122,123,124,125,126,127,128). The van der Waals surface area contributed by atoms with Crippen LogP contribution in [0.2, 0.25) is 0 Å². The largest absolute Gasteiger partial charge is 0.324 e. The maximum atomic E-state index is 15.4. The Balaban J connectivity index is 0.651. The number of benzene rings is 23. The predicted octanol–water partition coefficient (Wildman–Crippen LogP) is 27.5. The van der Waals surface area contributed by atoms with E-state index in [1.165, 1.54) is 361 Å². The van der Waals surface area contributed by atoms with Crippen molar-refractivity contribution in [1.29, 1.82) is 0 Å². The summed E-state index contributed by atoms with van der Waals surface area (Å²) in [4.78, 5) is 36.9. The van der Waals surface area contributed by atoms with Gasteiger partial charge in [-0.2, -0.15) is 0 Å². The van der Waals surface area contributed by atoms with Crippen molar-refractivity contribution in [2.24, 2.45) is 0 Å². The van der Waals surface area contributed by atoms with Crippen LogP contribution in [0.3, 0.4) is 0 Å². The van der Waals surface area contributed by atoms with Gasteiger partial charge in [0.1, 0.15) is 22.6 Å². The maximum Gasteiger partial charge on any atom is 0.179 e. The molecule has 0 saturated carbocycles. The van der Waals surface area contributed by atoms with E-state index in [2.05, 4.69) is 34.2 Å². The Morgan fingerprint density at radius 1 is 0.192 bits per heavy atom. The van der Waals surface area contributed by atoms with Crippen molar-refractivity contribution in [3.05, 3.63) is 94.0 Å². The van der Waals surface area contributed by atoms with Gasteiger partial charge in [-0.1, -0.05) is 80.1 Å². The van der Waals surface area contributed by atoms with Crippen molar-refractivity contribution < 1.29 is 50.5 Å². The molecule has 0 radical (unpaired) electrons. The smallest absolute Gasteiger partial charge is 0.179 e. The summed E-state index contributed by atoms with van der Waals surface area (Å²) in [6.45, 7) is 11.1. The molecule has 0 unspecified atom stereocenters. The lowest BCUT2D eigenvalue weighted by Crippen LogP contribution is -2.61. The summed E-state index contributed by atoms with van der Waals surface area (Å²) >= 11 is 0. The summed E-state index contributed by atoms with van der Waals surface area (Å²) in [5.74, 6) is -2.68. The number of hydrogen-bond acceptors (Lipinski definition) is 18. The Morgan fingerprint density at radius 3 is 0.507 bits per heavy atom. The van der Waals surface area contributed by atoms with Crippen LogP contribution < -0.4 is 0 Å². The summed E-state index contributed by atoms with van der Waals surface area (Å²) in [6, 6.07) is 17.3. The molecule has 7 aliphatic rings. The van der Waals surface area contributed by atoms with Gasteiger partial charge in [0, 0.05) is 43.8 Å². The predicted molar refractivity (Wildman–Crippen MR) is 587 cm³/mol. The normalized spacial score (nSPS) is 17.7. The number of sulfone groups is 6. The number of nitrogens with zero attached hydrogens (tertiary/aromatic N) is 6. The zero-order valence-electron chi connectivity index (χ0n) is 78.5. The van der Waals surface area contributed by atoms with Crippen LogP contribution in [-0.2, 0) is 69.9 Å². The molecule has 2 aliphatic heterocycles. The number of unbranched alkanes of at least 4 members (excludes halogenated alkanes) is 6. The van der Waals surface area contributed by atoms with E-state index in [1.807, 2.05) is 41.5 Å². The average molecular weight is 2000 g/mol. The third kappa shape index (κ3) is 6.48. The quantitative estimate of drug-likeness (QED) is 0.0531. The highest BCUT2D eigenvalue weighted by molar-refractivity contribution is 7.95. The number of H-pyrrole nitrogens is 2. The van der Waals surface area contributed by atoms with E-state index in [9.17, 15) is 0 Å². The lowest BCUT2D eigenvalue weighted by Gasteiger charge is -2.63. The van der Waals surface area contributed by atoms with Gasteiger partial charge in [-0.15, -0.1) is 0 Å². The fraction of sp³-hybridized carbons (Fsp3) is 0.217. The van der Waals surface area contributed by atoms with Crippen LogP contribution in [0.5, 0.6) is 0 Å². The van der Waals surface area contributed by atoms with Crippen molar-refractivity contribution in [2.45, 2.75) is 159 Å². The number of nitrogens with one attached hydrogen (secondary N) is 2. The molecule has 33 aromatic carbocycles. The van der Waals surface area contributed by atoms with Gasteiger partial charge < -0.3 is 9.97 Å². The van der Waals surface area contributed by atoms with Crippen molar-refractivity contribution in [1.82, 2.24) is 39.9 Å². The van der Waals surface area contributed by atoms with Crippen LogP contribution in [0.25, 0.3) is 391 Å². The molecule has 26 heteroatoms. The number of aromatic amines is 2. The SMILES string of the molecule is CCCCS(=O)(=O)c1cc2c(cc1S(=O)(=O)CCCC)-c1nc-2nc2[nH]c(nc3nc(nc4[nH]c(n1)c1cc(S(=O)(=O)CCCC)c(S(=O)(=O)CCCC)cc41)-c1cc4cc5c(cc4cc1-3)C13c4c6c7c8c9c%10c(c%11c%12c1c1c4c4c%13c6c6c7c7c9c9c%14c%10c%10c%11c%11c%12c%12c1c1c4c4c%13c%13c6c6c7c9c7c9c%14c%10c%10c%11c%11c%12c1c1c4c4c%13c6c7c6c9c%10c%11c1c46)C583)c1cc(S(=O)(=O)CCCC)c(S(=O)(=O)CCCC)cc21. The highest BCUT2D eigenvalue weighted by atomic mass is 32.2. The van der Waals surface area contributed by atoms with E-state index >= 15 is 50.5 Å². The monoisotopic (exact) mass is 2000 g/mol. The molecule has 694 valence electrons. The molecule has 5 aliphatic carbocycles. The van der Waals surface area contributed by atoms with E-state index in [4.69, 9.17) is 29.9 Å². The van der Waals surface area contributed by atoms with Gasteiger partial charge in [-0.25, -0.2) is 80.4 Å². The number of rotatable bonds is 24. The van der Waals surface area contributed by atoms with Crippen LogP contribution >= 0.6 is 0 Å². The van der Waals surface area contributed by atoms with Crippen molar-refractivity contribution >= 4 is 405 Å². The molecule has 0 atom stereocenters. The van der Waals surface area contributed by atoms with E-state index in [0.717, 1.165) is 10.8 Å². The van der Waals surface area contributed by atoms with Gasteiger partial charge in [-0.05, 0) is 434 Å². The van der Waals surface area contributed by atoms with Gasteiger partial charge in [0.25, 0.3) is 0 Å². The average Bonchev–Trinajstić information content (AvgIpc) is 1.37. The van der Waals surface area contributed by atoms with Gasteiger partial charge in [0.2, 0.25) is 0 Å². The number of fused-ring (bicyclic) bond motifs is 22. The lowest BCUT2D eigenvalue weighted by atomic mass is 9.36. The van der Waals surface area contributed by atoms with Crippen molar-refractivity contribution in [3.8, 4) is 45.6 Å². The lowest BCUT2D eigenvalue weighted by molar-refractivity contribution is 0.374. The van der Waals surface area contributed by atoms with E-state index in [-0.39, 0.29) is 129 Å². The van der Waals surface area contributed by atoms with E-state index < -0.39 is 122 Å². The van der Waals surface area contributed by atoms with E-state index in [1.54, 1.807) is 0 Å². The molecular formula is C120H66N8O12S6. The summed E-state index contributed by atoms with van der Waals surface area (Å²) in [5.41, 5.74) is 7.66. The molecule has 3 aromatic heterocycles. The Bertz CT molecular complexity index is 12500. The Hall–Kier alpha value is -14.1. The molecular weight excluding hydrogens is 1940 g/mol. The first-order valence-electron chi connectivity index (χ1n) is 51.9. The second-order valence-electron chi connectivity index (χ2n) is 45.6. The molecule has 0 amide bonds. The molecule has 20 nitrogen and oxygen atoms in total. The molecule has 146 heavy (non-hydrogen) atoms. The second kappa shape index (κ2) is 21.3. The van der Waals surface area contributed by atoms with Crippen molar-refractivity contribution in [2.75, 3.05) is 34.5 Å². The van der Waals surface area contributed by atoms with E-state index in [0.29, 0.717) is 49.7 Å². The molecule has 2 N–H and O–H groups in total. The zero-order valence-corrected chi connectivity index (χ0v) is 83.4. The minimum atomic E-state index is -4.46. The summed E-state index contributed by atoms with van der Waals surface area (Å²) in [6.07, 6.45) is 3.99. The fourth-order valence-electron chi connectivity index (χ4n) is 35.5. The van der Waals surface area contributed by atoms with Gasteiger partial charge in [0.15, 0.2) is 82.3 Å². The Morgan fingerprint density at radius 2 is 0.342 bits per heavy atom. The third-order valence-electron chi connectivity index (χ3n) is 39.8. The maximum absolute atomic E-state index is 15.4. The minimum absolute atomic E-state index is 0.00113. The second-order valence-corrected chi connectivity index (χ2v) is 58.0. The van der Waals surface area contributed by atoms with Crippen LogP contribution in [0, 0.1) is 0 Å². The zero-order chi connectivity index (χ0) is 96.0. The first kappa shape index (κ1) is 75.6. The first-order chi connectivity index (χ1) is 70.8. The molecule has 5 heterocycles. The van der Waals surface area contributed by atoms with Crippen LogP contribution in [0.15, 0.2) is 90.0 Å². The Kier molecular flexibility index (Phi) is 11.0. The molecule has 43 rings (SSSR count). The summed E-state index contributed by atoms with van der Waals surface area (Å²) < 4.78 is 184. The van der Waals surface area contributed by atoms with Gasteiger partial charge in [0.05, 0.1) is 74.7 Å². The van der Waals surface area contributed by atoms with Crippen molar-refractivity contribution in [3.63, 3.8) is 0 Å². The first-order valence-corrected chi connectivity index (χ1v) is 61.8. The van der Waals surface area contributed by atoms with Crippen LogP contribution in [0.1, 0.15) is 152 Å². The number of aromatic nitrogens is 8. The third-order valence-corrected chi connectivity index (χ3v) is 51.2. The molecule has 36 aromatic rings. The highest BCUT2D eigenvalue weighted by Crippen LogP contribution is 2.89. The van der Waals surface area contributed by atoms with Gasteiger partial charge in [-0.3, -0.25) is 0 Å². The number of hydrogen-bond donors (Lipinski definition) is 2. The molecule has 0 fully saturated rings.